The van der Waals surface area contributed by atoms with E-state index in [9.17, 15) is 0 Å². The molecule has 126 valence electrons. The van der Waals surface area contributed by atoms with Crippen molar-refractivity contribution in [1.82, 2.24) is 0 Å². The minimum atomic E-state index is 0. The number of nitrogens with zero attached hydrogens (tertiary/aromatic N) is 1. The van der Waals surface area contributed by atoms with Gasteiger partial charge >= 0.3 is 0 Å². The van der Waals surface area contributed by atoms with Crippen molar-refractivity contribution >= 4 is 46.1 Å². The van der Waals surface area contributed by atoms with E-state index in [0.717, 1.165) is 16.5 Å². The molecule has 0 fully saturated rings. The van der Waals surface area contributed by atoms with Crippen LogP contribution in [0.15, 0.2) is 41.4 Å². The number of aliphatic imine (C=N–C) groups is 1. The lowest BCUT2D eigenvalue weighted by Crippen LogP contribution is -2.35. The monoisotopic (exact) mass is 425 g/mol. The topological polar surface area (TPSA) is 64.4 Å². The summed E-state index contributed by atoms with van der Waals surface area (Å²) in [5, 5.41) is 1.65. The summed E-state index contributed by atoms with van der Waals surface area (Å²) >= 11 is 13.0. The number of hydrogen-bond donors (Lipinski definition) is 2. The molecule has 0 aliphatic heterocycles. The molecule has 3 nitrogen and oxygen atoms in total. The van der Waals surface area contributed by atoms with E-state index in [1.807, 2.05) is 24.3 Å². The van der Waals surface area contributed by atoms with Gasteiger partial charge in [0.2, 0.25) is 0 Å². The molecule has 2 aromatic rings. The molecule has 0 spiro atoms. The second-order valence-electron chi connectivity index (χ2n) is 6.28. The lowest BCUT2D eigenvalue weighted by Gasteiger charge is -2.45. The van der Waals surface area contributed by atoms with Crippen molar-refractivity contribution in [3.8, 4) is 0 Å². The minimum absolute atomic E-state index is 0. The summed E-state index contributed by atoms with van der Waals surface area (Å²) in [6, 6.07) is 12.3. The number of fused-ring (bicyclic) bond motifs is 1. The Morgan fingerprint density at radius 2 is 1.54 bits per heavy atom. The molecule has 0 saturated heterocycles. The fourth-order valence-electron chi connectivity index (χ4n) is 4.28. The molecule has 3 aliphatic rings. The van der Waals surface area contributed by atoms with E-state index in [-0.39, 0.29) is 34.8 Å². The lowest BCUT2D eigenvalue weighted by molar-refractivity contribution is 0.365. The Bertz CT molecular complexity index is 764. The first-order valence-corrected chi connectivity index (χ1v) is 8.45. The number of benzene rings is 2. The third kappa shape index (κ3) is 2.61. The van der Waals surface area contributed by atoms with Crippen molar-refractivity contribution in [3.63, 3.8) is 0 Å². The van der Waals surface area contributed by atoms with Crippen LogP contribution in [-0.2, 0) is 0 Å². The van der Waals surface area contributed by atoms with Crippen LogP contribution in [0.4, 0.5) is 0 Å². The summed E-state index contributed by atoms with van der Waals surface area (Å²) in [5.41, 5.74) is 16.1. The van der Waals surface area contributed by atoms with Gasteiger partial charge in [0.25, 0.3) is 0 Å². The van der Waals surface area contributed by atoms with E-state index >= 15 is 0 Å². The first kappa shape index (κ1) is 17.6. The molecule has 5 rings (SSSR count). The van der Waals surface area contributed by atoms with Crippen LogP contribution in [0.3, 0.4) is 0 Å². The average molecular weight is 427 g/mol. The highest BCUT2D eigenvalue weighted by atomic mass is 79.9. The molecule has 3 aliphatic carbocycles. The van der Waals surface area contributed by atoms with Gasteiger partial charge in [0.15, 0.2) is 5.96 Å². The van der Waals surface area contributed by atoms with Crippen molar-refractivity contribution < 1.29 is 0 Å². The molecular formula is C18H18BrCl2N3. The quantitative estimate of drug-likeness (QED) is 0.550. The normalized spacial score (nSPS) is 23.0. The zero-order valence-electron chi connectivity index (χ0n) is 12.9. The maximum absolute atomic E-state index is 6.52. The molecule has 2 aromatic carbocycles. The lowest BCUT2D eigenvalue weighted by atomic mass is 9.59. The van der Waals surface area contributed by atoms with E-state index in [1.165, 1.54) is 22.3 Å². The standard InChI is InChI=1S/C18H17Cl2N3.BrH/c19-13-5-1-3-10-15-9(8-23-18(21)22)7-12(16(10)13)17-11(15)4-2-6-14(17)20;/h1-6,9,12,15H,7-8H2,(H4,21,22,23);1H. The largest absolute Gasteiger partial charge is 0.370 e. The van der Waals surface area contributed by atoms with Crippen LogP contribution in [0, 0.1) is 5.92 Å². The van der Waals surface area contributed by atoms with Crippen molar-refractivity contribution in [2.75, 3.05) is 6.54 Å². The third-order valence-corrected chi connectivity index (χ3v) is 5.72. The second kappa shape index (κ2) is 6.58. The Balaban J connectivity index is 0.00000169. The van der Waals surface area contributed by atoms with Crippen LogP contribution in [0.25, 0.3) is 0 Å². The van der Waals surface area contributed by atoms with Gasteiger partial charge in [0.1, 0.15) is 0 Å². The number of halogens is 3. The number of guanidine groups is 1. The average Bonchev–Trinajstić information content (AvgIpc) is 2.53. The number of hydrogen-bond acceptors (Lipinski definition) is 1. The molecule has 0 radical (unpaired) electrons. The Morgan fingerprint density at radius 3 is 2.04 bits per heavy atom. The zero-order chi connectivity index (χ0) is 16.1. The van der Waals surface area contributed by atoms with Crippen molar-refractivity contribution in [1.29, 1.82) is 0 Å². The number of nitrogens with two attached hydrogens (primary N) is 2. The van der Waals surface area contributed by atoms with E-state index in [0.29, 0.717) is 12.5 Å². The molecule has 1 atom stereocenters. The van der Waals surface area contributed by atoms with Crippen LogP contribution in [0.1, 0.15) is 40.5 Å². The molecule has 0 amide bonds. The van der Waals surface area contributed by atoms with Gasteiger partial charge in [-0.1, -0.05) is 47.5 Å². The molecule has 1 unspecified atom stereocenters. The Morgan fingerprint density at radius 1 is 1.00 bits per heavy atom. The maximum Gasteiger partial charge on any atom is 0.185 e. The highest BCUT2D eigenvalue weighted by Crippen LogP contribution is 2.58. The van der Waals surface area contributed by atoms with Gasteiger partial charge in [-0.05, 0) is 46.7 Å². The number of rotatable bonds is 2. The summed E-state index contributed by atoms with van der Waals surface area (Å²) in [6.07, 6.45) is 0.967. The minimum Gasteiger partial charge on any atom is -0.370 e. The maximum atomic E-state index is 6.52. The third-order valence-electron chi connectivity index (χ3n) is 5.06. The molecule has 2 bridgehead atoms. The summed E-state index contributed by atoms with van der Waals surface area (Å²) in [5.74, 6) is 0.959. The predicted molar refractivity (Wildman–Crippen MR) is 106 cm³/mol. The van der Waals surface area contributed by atoms with Gasteiger partial charge in [-0.15, -0.1) is 17.0 Å². The first-order chi connectivity index (χ1) is 11.1. The van der Waals surface area contributed by atoms with E-state index in [4.69, 9.17) is 34.7 Å². The van der Waals surface area contributed by atoms with E-state index in [1.54, 1.807) is 0 Å². The summed E-state index contributed by atoms with van der Waals surface area (Å²) in [7, 11) is 0. The Kier molecular flexibility index (Phi) is 4.82. The summed E-state index contributed by atoms with van der Waals surface area (Å²) in [6.45, 7) is 0.626. The van der Waals surface area contributed by atoms with Crippen LogP contribution in [0.2, 0.25) is 10.0 Å². The second-order valence-corrected chi connectivity index (χ2v) is 7.09. The zero-order valence-corrected chi connectivity index (χ0v) is 16.1. The van der Waals surface area contributed by atoms with Crippen molar-refractivity contribution in [2.45, 2.75) is 18.3 Å². The van der Waals surface area contributed by atoms with Gasteiger partial charge in [-0.25, -0.2) is 0 Å². The predicted octanol–water partition coefficient (Wildman–Crippen LogP) is 4.44. The molecule has 6 heteroatoms. The van der Waals surface area contributed by atoms with Crippen LogP contribution in [-0.4, -0.2) is 12.5 Å². The smallest absolute Gasteiger partial charge is 0.185 e. The fraction of sp³-hybridized carbons (Fsp3) is 0.278. The van der Waals surface area contributed by atoms with Crippen LogP contribution >= 0.6 is 40.2 Å². The fourth-order valence-corrected chi connectivity index (χ4v) is 4.91. The molecule has 24 heavy (non-hydrogen) atoms. The van der Waals surface area contributed by atoms with Crippen molar-refractivity contribution in [2.24, 2.45) is 22.4 Å². The van der Waals surface area contributed by atoms with Gasteiger partial charge < -0.3 is 11.5 Å². The van der Waals surface area contributed by atoms with Gasteiger partial charge in [0.05, 0.1) is 0 Å². The van der Waals surface area contributed by atoms with Gasteiger partial charge in [0, 0.05) is 28.4 Å². The highest BCUT2D eigenvalue weighted by Gasteiger charge is 2.44. The van der Waals surface area contributed by atoms with Crippen LogP contribution in [0.5, 0.6) is 0 Å². The molecular weight excluding hydrogens is 409 g/mol. The summed E-state index contributed by atoms with van der Waals surface area (Å²) in [4.78, 5) is 4.26. The highest BCUT2D eigenvalue weighted by molar-refractivity contribution is 8.93. The Labute approximate surface area is 161 Å². The SMILES string of the molecule is Br.NC(N)=NCC1CC2c3c(Cl)cccc3C1c1cccc(Cl)c12. The first-order valence-electron chi connectivity index (χ1n) is 7.70. The molecule has 0 saturated carbocycles. The van der Waals surface area contributed by atoms with Gasteiger partial charge in [-0.3, -0.25) is 4.99 Å². The molecule has 0 heterocycles. The molecule has 0 aromatic heterocycles. The molecule has 4 N–H and O–H groups in total. The van der Waals surface area contributed by atoms with Gasteiger partial charge in [-0.2, -0.15) is 0 Å². The summed E-state index contributed by atoms with van der Waals surface area (Å²) < 4.78 is 0. The van der Waals surface area contributed by atoms with Crippen LogP contribution < -0.4 is 11.5 Å². The van der Waals surface area contributed by atoms with E-state index < -0.39 is 0 Å². The Hall–Kier alpha value is -1.23. The van der Waals surface area contributed by atoms with E-state index in [2.05, 4.69) is 17.1 Å². The van der Waals surface area contributed by atoms with Crippen molar-refractivity contribution in [3.05, 3.63) is 68.7 Å².